The van der Waals surface area contributed by atoms with Crippen molar-refractivity contribution in [3.05, 3.63) is 29.6 Å². The summed E-state index contributed by atoms with van der Waals surface area (Å²) >= 11 is 5.04. The molecule has 0 bridgehead atoms. The maximum Gasteiger partial charge on any atom is 0.123 e. The molecule has 2 rings (SSSR count). The minimum atomic E-state index is 0.337. The summed E-state index contributed by atoms with van der Waals surface area (Å²) < 4.78 is 5.66. The van der Waals surface area contributed by atoms with Gasteiger partial charge in [-0.25, -0.2) is 0 Å². The molecule has 1 aliphatic heterocycles. The maximum atomic E-state index is 5.70. The number of hydrogen-bond acceptors (Lipinski definition) is 4. The fourth-order valence-electron chi connectivity index (χ4n) is 2.20. The predicted molar refractivity (Wildman–Crippen MR) is 75.4 cm³/mol. The van der Waals surface area contributed by atoms with Crippen LogP contribution in [0.2, 0.25) is 0 Å². The number of thiocarbonyl (C=S) groups is 1. The van der Waals surface area contributed by atoms with E-state index in [-0.39, 0.29) is 0 Å². The Morgan fingerprint density at radius 2 is 2.50 bits per heavy atom. The molecule has 1 unspecified atom stereocenters. The van der Waals surface area contributed by atoms with Gasteiger partial charge in [0.05, 0.1) is 12.7 Å². The lowest BCUT2D eigenvalue weighted by atomic mass is 10.1. The molecule has 1 aromatic heterocycles. The van der Waals surface area contributed by atoms with Gasteiger partial charge >= 0.3 is 0 Å². The van der Waals surface area contributed by atoms with Crippen molar-refractivity contribution < 1.29 is 4.74 Å². The Hall–Kier alpha value is -1.04. The predicted octanol–water partition coefficient (Wildman–Crippen LogP) is 1.33. The van der Waals surface area contributed by atoms with E-state index in [0.717, 1.165) is 43.9 Å². The van der Waals surface area contributed by atoms with Crippen LogP contribution in [0.1, 0.15) is 24.6 Å². The average Bonchev–Trinajstić information content (AvgIpc) is 2.39. The Kier molecular flexibility index (Phi) is 4.63. The molecule has 5 heteroatoms. The molecule has 0 radical (unpaired) electrons. The largest absolute Gasteiger partial charge is 0.388 e. The number of ether oxygens (including phenoxy) is 1. The van der Waals surface area contributed by atoms with Crippen LogP contribution in [0.5, 0.6) is 0 Å². The number of nitrogens with zero attached hydrogens (tertiary/aromatic N) is 2. The van der Waals surface area contributed by atoms with Crippen LogP contribution in [0.3, 0.4) is 0 Å². The molecular weight excluding hydrogens is 246 g/mol. The van der Waals surface area contributed by atoms with E-state index in [2.05, 4.69) is 16.8 Å². The first-order valence-corrected chi connectivity index (χ1v) is 6.69. The van der Waals surface area contributed by atoms with Crippen molar-refractivity contribution in [3.63, 3.8) is 0 Å². The summed E-state index contributed by atoms with van der Waals surface area (Å²) in [6.07, 6.45) is 3.11. The molecule has 0 saturated carbocycles. The zero-order valence-electron chi connectivity index (χ0n) is 10.6. The molecule has 0 aliphatic carbocycles. The Balaban J connectivity index is 2.07. The highest BCUT2D eigenvalue weighted by Crippen LogP contribution is 2.14. The van der Waals surface area contributed by atoms with Crippen molar-refractivity contribution in [2.75, 3.05) is 19.7 Å². The normalized spacial score (nSPS) is 20.8. The topological polar surface area (TPSA) is 51.4 Å². The molecule has 4 nitrogen and oxygen atoms in total. The van der Waals surface area contributed by atoms with Gasteiger partial charge in [-0.3, -0.25) is 9.88 Å². The van der Waals surface area contributed by atoms with Gasteiger partial charge in [0.2, 0.25) is 0 Å². The van der Waals surface area contributed by atoms with Crippen LogP contribution in [0, 0.1) is 0 Å². The average molecular weight is 265 g/mol. The molecule has 98 valence electrons. The summed E-state index contributed by atoms with van der Waals surface area (Å²) in [5.41, 5.74) is 7.54. The Morgan fingerprint density at radius 1 is 1.67 bits per heavy atom. The third-order valence-electron chi connectivity index (χ3n) is 3.20. The number of nitrogens with two attached hydrogens (primary N) is 1. The second-order valence-corrected chi connectivity index (χ2v) is 4.95. The van der Waals surface area contributed by atoms with Crippen LogP contribution in [-0.4, -0.2) is 40.7 Å². The minimum absolute atomic E-state index is 0.337. The van der Waals surface area contributed by atoms with E-state index in [9.17, 15) is 0 Å². The highest BCUT2D eigenvalue weighted by molar-refractivity contribution is 7.80. The molecule has 1 aliphatic rings. The van der Waals surface area contributed by atoms with Crippen LogP contribution in [0.15, 0.2) is 18.3 Å². The number of rotatable bonds is 4. The summed E-state index contributed by atoms with van der Waals surface area (Å²) in [5.74, 6) is 0. The number of hydrogen-bond donors (Lipinski definition) is 1. The standard InChI is InChI=1S/C13H19N3OS/c1-2-11-9-16(6-7-17-11)8-10-4-3-5-15-12(10)13(14)18/h3-5,11H,2,6-9H2,1H3,(H2,14,18). The summed E-state index contributed by atoms with van der Waals surface area (Å²) in [6, 6.07) is 3.97. The van der Waals surface area contributed by atoms with Gasteiger partial charge < -0.3 is 10.5 Å². The third kappa shape index (κ3) is 3.25. The molecule has 1 aromatic rings. The highest BCUT2D eigenvalue weighted by Gasteiger charge is 2.20. The third-order valence-corrected chi connectivity index (χ3v) is 3.39. The first-order chi connectivity index (χ1) is 8.70. The summed E-state index contributed by atoms with van der Waals surface area (Å²) in [4.78, 5) is 7.00. The van der Waals surface area contributed by atoms with Crippen molar-refractivity contribution in [1.29, 1.82) is 0 Å². The fourth-order valence-corrected chi connectivity index (χ4v) is 2.38. The van der Waals surface area contributed by atoms with Gasteiger partial charge in [0, 0.05) is 25.8 Å². The SMILES string of the molecule is CCC1CN(Cc2cccnc2C(N)=S)CCO1. The van der Waals surface area contributed by atoms with E-state index in [1.54, 1.807) is 6.20 Å². The zero-order valence-corrected chi connectivity index (χ0v) is 11.4. The second kappa shape index (κ2) is 6.22. The Morgan fingerprint density at radius 3 is 3.22 bits per heavy atom. The van der Waals surface area contributed by atoms with Gasteiger partial charge in [-0.1, -0.05) is 25.2 Å². The lowest BCUT2D eigenvalue weighted by Crippen LogP contribution is -2.41. The number of aromatic nitrogens is 1. The molecule has 2 N–H and O–H groups in total. The van der Waals surface area contributed by atoms with Crippen LogP contribution < -0.4 is 5.73 Å². The van der Waals surface area contributed by atoms with Gasteiger partial charge in [0.1, 0.15) is 10.7 Å². The molecule has 0 amide bonds. The van der Waals surface area contributed by atoms with E-state index in [1.165, 1.54) is 0 Å². The minimum Gasteiger partial charge on any atom is -0.388 e. The fraction of sp³-hybridized carbons (Fsp3) is 0.538. The number of pyridine rings is 1. The van der Waals surface area contributed by atoms with Gasteiger partial charge in [-0.15, -0.1) is 0 Å². The van der Waals surface area contributed by atoms with Gasteiger partial charge in [0.15, 0.2) is 0 Å². The number of morpholine rings is 1. The van der Waals surface area contributed by atoms with E-state index in [0.29, 0.717) is 11.1 Å². The van der Waals surface area contributed by atoms with Crippen LogP contribution in [-0.2, 0) is 11.3 Å². The van der Waals surface area contributed by atoms with Gasteiger partial charge in [-0.2, -0.15) is 0 Å². The van der Waals surface area contributed by atoms with Crippen LogP contribution in [0.4, 0.5) is 0 Å². The molecule has 0 aromatic carbocycles. The first kappa shape index (κ1) is 13.4. The van der Waals surface area contributed by atoms with E-state index in [1.807, 2.05) is 12.1 Å². The van der Waals surface area contributed by atoms with E-state index >= 15 is 0 Å². The smallest absolute Gasteiger partial charge is 0.123 e. The monoisotopic (exact) mass is 265 g/mol. The quantitative estimate of drug-likeness (QED) is 0.832. The molecule has 0 spiro atoms. The van der Waals surface area contributed by atoms with Crippen molar-refractivity contribution in [1.82, 2.24) is 9.88 Å². The summed E-state index contributed by atoms with van der Waals surface area (Å²) in [5, 5.41) is 0. The van der Waals surface area contributed by atoms with Gasteiger partial charge in [0.25, 0.3) is 0 Å². The Bertz CT molecular complexity index is 424. The van der Waals surface area contributed by atoms with E-state index in [4.69, 9.17) is 22.7 Å². The highest BCUT2D eigenvalue weighted by atomic mass is 32.1. The van der Waals surface area contributed by atoms with Crippen molar-refractivity contribution in [3.8, 4) is 0 Å². The molecule has 18 heavy (non-hydrogen) atoms. The van der Waals surface area contributed by atoms with Gasteiger partial charge in [-0.05, 0) is 18.1 Å². The van der Waals surface area contributed by atoms with Crippen LogP contribution in [0.25, 0.3) is 0 Å². The lowest BCUT2D eigenvalue weighted by molar-refractivity contribution is -0.0325. The zero-order chi connectivity index (χ0) is 13.0. The molecule has 1 saturated heterocycles. The summed E-state index contributed by atoms with van der Waals surface area (Å²) in [7, 11) is 0. The van der Waals surface area contributed by atoms with Crippen molar-refractivity contribution in [2.45, 2.75) is 26.0 Å². The Labute approximate surface area is 113 Å². The first-order valence-electron chi connectivity index (χ1n) is 6.28. The lowest BCUT2D eigenvalue weighted by Gasteiger charge is -2.32. The molecule has 2 heterocycles. The van der Waals surface area contributed by atoms with Crippen molar-refractivity contribution in [2.24, 2.45) is 5.73 Å². The van der Waals surface area contributed by atoms with Crippen LogP contribution >= 0.6 is 12.2 Å². The van der Waals surface area contributed by atoms with E-state index < -0.39 is 0 Å². The molecule has 1 fully saturated rings. The van der Waals surface area contributed by atoms with Crippen molar-refractivity contribution >= 4 is 17.2 Å². The molecule has 1 atom stereocenters. The summed E-state index contributed by atoms with van der Waals surface area (Å²) in [6.45, 7) is 5.69. The maximum absolute atomic E-state index is 5.70. The molecular formula is C13H19N3OS. The second-order valence-electron chi connectivity index (χ2n) is 4.51.